The van der Waals surface area contributed by atoms with Gasteiger partial charge in [0.05, 0.1) is 4.92 Å². The van der Waals surface area contributed by atoms with Crippen LogP contribution in [-0.2, 0) is 11.3 Å². The van der Waals surface area contributed by atoms with Crippen LogP contribution in [0.3, 0.4) is 0 Å². The molecule has 8 heteroatoms. The minimum Gasteiger partial charge on any atom is -0.349 e. The van der Waals surface area contributed by atoms with Crippen LogP contribution in [0.25, 0.3) is 0 Å². The summed E-state index contributed by atoms with van der Waals surface area (Å²) >= 11 is 6.07. The quantitative estimate of drug-likeness (QED) is 0.580. The minimum absolute atomic E-state index is 0.0845. The molecule has 0 aliphatic carbocycles. The number of nitrogens with zero attached hydrogens (tertiary/aromatic N) is 2. The maximum Gasteiger partial charge on any atom is 0.269 e. The maximum absolute atomic E-state index is 12.4. The number of nitrogens with one attached hydrogen (secondary N) is 1. The highest BCUT2D eigenvalue weighted by atomic mass is 35.5. The van der Waals surface area contributed by atoms with E-state index in [0.717, 1.165) is 0 Å². The average molecular weight is 390 g/mol. The Kier molecular flexibility index (Phi) is 6.90. The van der Waals surface area contributed by atoms with Crippen LogP contribution < -0.4 is 5.32 Å². The van der Waals surface area contributed by atoms with Crippen LogP contribution in [0.4, 0.5) is 5.69 Å². The Hall–Kier alpha value is -2.93. The van der Waals surface area contributed by atoms with Crippen molar-refractivity contribution in [3.05, 3.63) is 74.8 Å². The van der Waals surface area contributed by atoms with Gasteiger partial charge in [0.25, 0.3) is 11.6 Å². The van der Waals surface area contributed by atoms with Crippen LogP contribution in [0.2, 0.25) is 5.02 Å². The molecule has 0 unspecified atom stereocenters. The van der Waals surface area contributed by atoms with E-state index >= 15 is 0 Å². The molecule has 0 aliphatic heterocycles. The van der Waals surface area contributed by atoms with E-state index in [1.165, 1.54) is 23.1 Å². The molecule has 2 rings (SSSR count). The number of benzene rings is 2. The first-order chi connectivity index (χ1) is 12.8. The Morgan fingerprint density at radius 1 is 1.22 bits per heavy atom. The number of hydrogen-bond donors (Lipinski definition) is 1. The van der Waals surface area contributed by atoms with Gasteiger partial charge in [-0.05, 0) is 30.7 Å². The molecule has 1 atom stereocenters. The lowest BCUT2D eigenvalue weighted by atomic mass is 10.1. The first-order valence-electron chi connectivity index (χ1n) is 8.30. The van der Waals surface area contributed by atoms with E-state index in [-0.39, 0.29) is 36.5 Å². The number of hydrogen-bond acceptors (Lipinski definition) is 4. The predicted octanol–water partition coefficient (Wildman–Crippen LogP) is 3.42. The van der Waals surface area contributed by atoms with Gasteiger partial charge in [0.2, 0.25) is 5.91 Å². The van der Waals surface area contributed by atoms with Crippen molar-refractivity contribution in [2.24, 2.45) is 0 Å². The smallest absolute Gasteiger partial charge is 0.269 e. The van der Waals surface area contributed by atoms with Crippen molar-refractivity contribution in [1.29, 1.82) is 0 Å². The Morgan fingerprint density at radius 3 is 2.52 bits per heavy atom. The topological polar surface area (TPSA) is 92.6 Å². The zero-order valence-corrected chi connectivity index (χ0v) is 15.8. The maximum atomic E-state index is 12.4. The lowest BCUT2D eigenvalue weighted by molar-refractivity contribution is -0.384. The molecule has 0 aliphatic rings. The molecule has 0 saturated carbocycles. The molecule has 27 heavy (non-hydrogen) atoms. The fourth-order valence-electron chi connectivity index (χ4n) is 2.51. The largest absolute Gasteiger partial charge is 0.349 e. The molecule has 142 valence electrons. The number of halogens is 1. The summed E-state index contributed by atoms with van der Waals surface area (Å²) in [7, 11) is 1.59. The number of carbonyl (C=O) groups excluding carboxylic acids is 2. The van der Waals surface area contributed by atoms with Crippen LogP contribution in [-0.4, -0.2) is 34.7 Å². The summed E-state index contributed by atoms with van der Waals surface area (Å²) < 4.78 is 0. The zero-order valence-electron chi connectivity index (χ0n) is 15.0. The van der Waals surface area contributed by atoms with Crippen LogP contribution in [0.15, 0.2) is 48.5 Å². The van der Waals surface area contributed by atoms with Crippen molar-refractivity contribution in [2.45, 2.75) is 25.9 Å². The highest BCUT2D eigenvalue weighted by Crippen LogP contribution is 2.23. The average Bonchev–Trinajstić information content (AvgIpc) is 2.63. The highest BCUT2D eigenvalue weighted by molar-refractivity contribution is 6.31. The zero-order chi connectivity index (χ0) is 20.0. The summed E-state index contributed by atoms with van der Waals surface area (Å²) in [5.41, 5.74) is 0.926. The van der Waals surface area contributed by atoms with Crippen LogP contribution >= 0.6 is 11.6 Å². The Morgan fingerprint density at radius 2 is 1.89 bits per heavy atom. The molecule has 0 heterocycles. The van der Waals surface area contributed by atoms with Gasteiger partial charge in [0.15, 0.2) is 0 Å². The lowest BCUT2D eigenvalue weighted by Gasteiger charge is -2.21. The second kappa shape index (κ2) is 9.14. The van der Waals surface area contributed by atoms with E-state index in [1.54, 1.807) is 38.2 Å². The van der Waals surface area contributed by atoms with E-state index in [0.29, 0.717) is 16.1 Å². The second-order valence-electron chi connectivity index (χ2n) is 6.23. The number of carbonyl (C=O) groups is 2. The van der Waals surface area contributed by atoms with Gasteiger partial charge in [-0.3, -0.25) is 19.7 Å². The Balaban J connectivity index is 1.94. The molecule has 0 fully saturated rings. The molecular formula is C19H20ClN3O4. The molecule has 0 radical (unpaired) electrons. The molecule has 1 N–H and O–H groups in total. The van der Waals surface area contributed by atoms with E-state index in [4.69, 9.17) is 11.6 Å². The SMILES string of the molecule is C[C@H](CC(=O)N(C)Cc1cc([N+](=O)[O-])ccc1Cl)NC(=O)c1ccccc1. The summed E-state index contributed by atoms with van der Waals surface area (Å²) in [6, 6.07) is 12.5. The monoisotopic (exact) mass is 389 g/mol. The van der Waals surface area contributed by atoms with Crippen molar-refractivity contribution in [3.63, 3.8) is 0 Å². The molecule has 0 saturated heterocycles. The van der Waals surface area contributed by atoms with Gasteiger partial charge in [-0.2, -0.15) is 0 Å². The summed E-state index contributed by atoms with van der Waals surface area (Å²) in [5.74, 6) is -0.460. The van der Waals surface area contributed by atoms with Gasteiger partial charge in [-0.25, -0.2) is 0 Å². The summed E-state index contributed by atoms with van der Waals surface area (Å²) in [6.45, 7) is 1.88. The van der Waals surface area contributed by atoms with Gasteiger partial charge in [-0.15, -0.1) is 0 Å². The van der Waals surface area contributed by atoms with Gasteiger partial charge < -0.3 is 10.2 Å². The number of rotatable bonds is 7. The third-order valence-electron chi connectivity index (χ3n) is 3.97. The number of nitro groups is 1. The first kappa shape index (κ1) is 20.4. The molecule has 7 nitrogen and oxygen atoms in total. The number of nitro benzene ring substituents is 1. The normalized spacial score (nSPS) is 11.5. The van der Waals surface area contributed by atoms with Crippen molar-refractivity contribution < 1.29 is 14.5 Å². The molecule has 0 spiro atoms. The van der Waals surface area contributed by atoms with Crippen molar-refractivity contribution in [3.8, 4) is 0 Å². The molecular weight excluding hydrogens is 370 g/mol. The Labute approximate surface area is 162 Å². The third-order valence-corrected chi connectivity index (χ3v) is 4.34. The fraction of sp³-hybridized carbons (Fsp3) is 0.263. The molecule has 2 aromatic carbocycles. The van der Waals surface area contributed by atoms with E-state index in [1.807, 2.05) is 6.07 Å². The molecule has 2 amide bonds. The fourth-order valence-corrected chi connectivity index (χ4v) is 2.68. The van der Waals surface area contributed by atoms with E-state index < -0.39 is 4.92 Å². The lowest BCUT2D eigenvalue weighted by Crippen LogP contribution is -2.37. The van der Waals surface area contributed by atoms with E-state index in [9.17, 15) is 19.7 Å². The van der Waals surface area contributed by atoms with Crippen LogP contribution in [0.5, 0.6) is 0 Å². The number of non-ortho nitro benzene ring substituents is 1. The standard InChI is InChI=1S/C19H20ClN3O4/c1-13(21-19(25)14-6-4-3-5-7-14)10-18(24)22(2)12-15-11-16(23(26)27)8-9-17(15)20/h3-9,11,13H,10,12H2,1-2H3,(H,21,25)/t13-/m1/s1. The second-order valence-corrected chi connectivity index (χ2v) is 6.63. The third kappa shape index (κ3) is 5.79. The van der Waals surface area contributed by atoms with Crippen LogP contribution in [0.1, 0.15) is 29.3 Å². The summed E-state index contributed by atoms with van der Waals surface area (Å²) in [6.07, 6.45) is 0.0988. The predicted molar refractivity (Wildman–Crippen MR) is 103 cm³/mol. The molecule has 0 bridgehead atoms. The summed E-state index contributed by atoms with van der Waals surface area (Å²) in [5, 5.41) is 14.0. The first-order valence-corrected chi connectivity index (χ1v) is 8.68. The van der Waals surface area contributed by atoms with Gasteiger partial charge in [0.1, 0.15) is 0 Å². The van der Waals surface area contributed by atoms with Gasteiger partial charge >= 0.3 is 0 Å². The molecule has 2 aromatic rings. The number of amides is 2. The molecule has 0 aromatic heterocycles. The van der Waals surface area contributed by atoms with Crippen molar-refractivity contribution >= 4 is 29.1 Å². The van der Waals surface area contributed by atoms with Crippen molar-refractivity contribution in [1.82, 2.24) is 10.2 Å². The minimum atomic E-state index is -0.511. The highest BCUT2D eigenvalue weighted by Gasteiger charge is 2.18. The summed E-state index contributed by atoms with van der Waals surface area (Å²) in [4.78, 5) is 36.3. The van der Waals surface area contributed by atoms with Gasteiger partial charge in [0, 0.05) is 48.8 Å². The van der Waals surface area contributed by atoms with Gasteiger partial charge in [-0.1, -0.05) is 29.8 Å². The van der Waals surface area contributed by atoms with Crippen LogP contribution in [0, 0.1) is 10.1 Å². The van der Waals surface area contributed by atoms with Crippen molar-refractivity contribution in [2.75, 3.05) is 7.05 Å². The van der Waals surface area contributed by atoms with E-state index in [2.05, 4.69) is 5.32 Å². The Bertz CT molecular complexity index is 842.